The fraction of sp³-hybridized carbons (Fsp3) is 0.292. The van der Waals surface area contributed by atoms with Crippen molar-refractivity contribution < 1.29 is 14.0 Å². The highest BCUT2D eigenvalue weighted by atomic mass is 19.1. The molecule has 0 saturated carbocycles. The average molecular weight is 436 g/mol. The Morgan fingerprint density at radius 2 is 1.72 bits per heavy atom. The Hall–Kier alpha value is -3.52. The van der Waals surface area contributed by atoms with Gasteiger partial charge in [0, 0.05) is 56.0 Å². The summed E-state index contributed by atoms with van der Waals surface area (Å²) in [4.78, 5) is 33.5. The van der Waals surface area contributed by atoms with E-state index < -0.39 is 11.8 Å². The summed E-state index contributed by atoms with van der Waals surface area (Å²) in [5, 5.41) is 6.19. The van der Waals surface area contributed by atoms with Gasteiger partial charge in [-0.3, -0.25) is 19.5 Å². The maximum Gasteiger partial charge on any atom is 0.313 e. The van der Waals surface area contributed by atoms with Gasteiger partial charge in [-0.05, 0) is 43.3 Å². The number of amides is 2. The van der Waals surface area contributed by atoms with Gasteiger partial charge in [0.2, 0.25) is 0 Å². The second kappa shape index (κ2) is 9.74. The van der Waals surface area contributed by atoms with E-state index in [1.165, 1.54) is 12.1 Å². The summed E-state index contributed by atoms with van der Waals surface area (Å²) in [5.41, 5.74) is 3.11. The van der Waals surface area contributed by atoms with E-state index in [1.54, 1.807) is 18.2 Å². The van der Waals surface area contributed by atoms with E-state index in [9.17, 15) is 14.0 Å². The van der Waals surface area contributed by atoms with Crippen molar-refractivity contribution in [3.8, 4) is 0 Å². The number of piperazine rings is 1. The highest BCUT2D eigenvalue weighted by Gasteiger charge is 2.19. The number of pyridine rings is 1. The molecule has 4 rings (SSSR count). The van der Waals surface area contributed by atoms with Crippen LogP contribution in [0.2, 0.25) is 0 Å². The van der Waals surface area contributed by atoms with Crippen molar-refractivity contribution in [2.24, 2.45) is 0 Å². The van der Waals surface area contributed by atoms with Gasteiger partial charge >= 0.3 is 11.8 Å². The number of aromatic nitrogens is 1. The average Bonchev–Trinajstić information content (AvgIpc) is 2.80. The topological polar surface area (TPSA) is 77.6 Å². The summed E-state index contributed by atoms with van der Waals surface area (Å²) in [6, 6.07) is 15.8. The highest BCUT2D eigenvalue weighted by Crippen LogP contribution is 2.22. The Labute approximate surface area is 186 Å². The molecule has 0 bridgehead atoms. The molecule has 1 aliphatic rings. The first-order chi connectivity index (χ1) is 15.5. The Morgan fingerprint density at radius 1 is 1.00 bits per heavy atom. The van der Waals surface area contributed by atoms with E-state index in [4.69, 9.17) is 0 Å². The maximum atomic E-state index is 13.1. The number of nitrogens with one attached hydrogen (secondary N) is 2. The first-order valence-electron chi connectivity index (χ1n) is 10.7. The molecule has 1 saturated heterocycles. The number of hydrogen-bond acceptors (Lipinski definition) is 5. The Kier molecular flexibility index (Phi) is 6.61. The number of halogens is 1. The molecule has 32 heavy (non-hydrogen) atoms. The zero-order valence-corrected chi connectivity index (χ0v) is 18.0. The molecule has 2 amide bonds. The molecule has 7 nitrogen and oxygen atoms in total. The van der Waals surface area contributed by atoms with E-state index >= 15 is 0 Å². The first kappa shape index (κ1) is 21.7. The lowest BCUT2D eigenvalue weighted by Crippen LogP contribution is -2.49. The second-order valence-corrected chi connectivity index (χ2v) is 7.84. The van der Waals surface area contributed by atoms with Crippen LogP contribution in [0.25, 0.3) is 10.9 Å². The summed E-state index contributed by atoms with van der Waals surface area (Å²) in [5.74, 6) is -1.59. The predicted octanol–water partition coefficient (Wildman–Crippen LogP) is 2.56. The van der Waals surface area contributed by atoms with Crippen molar-refractivity contribution in [1.29, 1.82) is 0 Å². The predicted molar refractivity (Wildman–Crippen MR) is 123 cm³/mol. The van der Waals surface area contributed by atoms with E-state index in [0.717, 1.165) is 48.5 Å². The number of benzene rings is 2. The molecule has 1 aromatic heterocycles. The maximum absolute atomic E-state index is 13.1. The van der Waals surface area contributed by atoms with Gasteiger partial charge in [0.15, 0.2) is 0 Å². The minimum atomic E-state index is -0.693. The molecule has 1 fully saturated rings. The minimum absolute atomic E-state index is 0.237. The smallest absolute Gasteiger partial charge is 0.313 e. The normalized spacial score (nSPS) is 14.4. The largest absolute Gasteiger partial charge is 0.369 e. The van der Waals surface area contributed by atoms with Gasteiger partial charge in [0.25, 0.3) is 0 Å². The van der Waals surface area contributed by atoms with Gasteiger partial charge < -0.3 is 15.5 Å². The van der Waals surface area contributed by atoms with Crippen LogP contribution in [-0.4, -0.2) is 61.0 Å². The third-order valence-corrected chi connectivity index (χ3v) is 5.58. The van der Waals surface area contributed by atoms with E-state index in [-0.39, 0.29) is 5.82 Å². The van der Waals surface area contributed by atoms with Crippen molar-refractivity contribution in [1.82, 2.24) is 15.2 Å². The number of nitrogens with zero attached hydrogens (tertiary/aromatic N) is 3. The van der Waals surface area contributed by atoms with Gasteiger partial charge in [0.05, 0.1) is 11.2 Å². The van der Waals surface area contributed by atoms with Crippen LogP contribution in [0.1, 0.15) is 5.69 Å². The third kappa shape index (κ3) is 5.20. The van der Waals surface area contributed by atoms with Crippen LogP contribution in [0.4, 0.5) is 15.8 Å². The van der Waals surface area contributed by atoms with Crippen LogP contribution in [-0.2, 0) is 9.59 Å². The Balaban J connectivity index is 1.23. The van der Waals surface area contributed by atoms with E-state index in [0.29, 0.717) is 18.8 Å². The molecular formula is C24H26FN5O2. The van der Waals surface area contributed by atoms with E-state index in [2.05, 4.69) is 25.4 Å². The molecule has 0 spiro atoms. The molecule has 8 heteroatoms. The van der Waals surface area contributed by atoms with Gasteiger partial charge in [0.1, 0.15) is 5.82 Å². The monoisotopic (exact) mass is 435 g/mol. The lowest BCUT2D eigenvalue weighted by atomic mass is 10.1. The van der Waals surface area contributed by atoms with Crippen LogP contribution in [0, 0.1) is 12.7 Å². The molecule has 2 heterocycles. The molecule has 166 valence electrons. The standard InChI is InChI=1S/C24H26FN5O2/c1-17-16-22(20-4-2-3-5-21(20)27-17)28-24(32)23(31)26-10-11-29-12-14-30(15-13-29)19-8-6-18(25)7-9-19/h2-9,16H,10-15H2,1H3,(H,26,31)(H,27,28,32). The van der Waals surface area contributed by atoms with Crippen molar-refractivity contribution in [3.63, 3.8) is 0 Å². The lowest BCUT2D eigenvalue weighted by Gasteiger charge is -2.36. The number of anilines is 2. The summed E-state index contributed by atoms with van der Waals surface area (Å²) in [6.45, 7) is 6.22. The SMILES string of the molecule is Cc1cc(NC(=O)C(=O)NCCN2CCN(c3ccc(F)cc3)CC2)c2ccccc2n1. The van der Waals surface area contributed by atoms with E-state index in [1.807, 2.05) is 31.2 Å². The third-order valence-electron chi connectivity index (χ3n) is 5.58. The van der Waals surface area contributed by atoms with Crippen molar-refractivity contribution in [2.45, 2.75) is 6.92 Å². The van der Waals surface area contributed by atoms with Gasteiger partial charge in [-0.15, -0.1) is 0 Å². The van der Waals surface area contributed by atoms with Crippen LogP contribution in [0.3, 0.4) is 0 Å². The zero-order valence-electron chi connectivity index (χ0n) is 18.0. The van der Waals surface area contributed by atoms with Crippen molar-refractivity contribution in [3.05, 3.63) is 66.1 Å². The highest BCUT2D eigenvalue weighted by molar-refractivity contribution is 6.40. The van der Waals surface area contributed by atoms with Crippen molar-refractivity contribution >= 4 is 34.1 Å². The molecule has 0 atom stereocenters. The number of para-hydroxylation sites is 1. The molecule has 0 aliphatic carbocycles. The molecule has 0 unspecified atom stereocenters. The van der Waals surface area contributed by atoms with Crippen LogP contribution < -0.4 is 15.5 Å². The second-order valence-electron chi connectivity index (χ2n) is 7.84. The number of aryl methyl sites for hydroxylation is 1. The molecule has 0 radical (unpaired) electrons. The lowest BCUT2D eigenvalue weighted by molar-refractivity contribution is -0.136. The van der Waals surface area contributed by atoms with Gasteiger partial charge in [-0.2, -0.15) is 0 Å². The number of fused-ring (bicyclic) bond motifs is 1. The van der Waals surface area contributed by atoms with Crippen LogP contribution in [0.15, 0.2) is 54.6 Å². The molecule has 2 aromatic carbocycles. The fourth-order valence-electron chi connectivity index (χ4n) is 3.88. The zero-order chi connectivity index (χ0) is 22.5. The Morgan fingerprint density at radius 3 is 2.47 bits per heavy atom. The molecule has 3 aromatic rings. The molecular weight excluding hydrogens is 409 g/mol. The summed E-state index contributed by atoms with van der Waals surface area (Å²) >= 11 is 0. The first-order valence-corrected chi connectivity index (χ1v) is 10.7. The van der Waals surface area contributed by atoms with Gasteiger partial charge in [-0.1, -0.05) is 18.2 Å². The van der Waals surface area contributed by atoms with Crippen molar-refractivity contribution in [2.75, 3.05) is 49.5 Å². The molecule has 1 aliphatic heterocycles. The summed E-state index contributed by atoms with van der Waals surface area (Å²) in [6.07, 6.45) is 0. The quantitative estimate of drug-likeness (QED) is 0.603. The number of carbonyl (C=O) groups excluding carboxylic acids is 2. The molecule has 2 N–H and O–H groups in total. The Bertz CT molecular complexity index is 1110. The minimum Gasteiger partial charge on any atom is -0.369 e. The van der Waals surface area contributed by atoms with Crippen LogP contribution >= 0.6 is 0 Å². The summed E-state index contributed by atoms with van der Waals surface area (Å²) in [7, 11) is 0. The summed E-state index contributed by atoms with van der Waals surface area (Å²) < 4.78 is 13.1. The number of rotatable bonds is 5. The fourth-order valence-corrected chi connectivity index (χ4v) is 3.88. The van der Waals surface area contributed by atoms with Crippen LogP contribution in [0.5, 0.6) is 0 Å². The number of carbonyl (C=O) groups is 2. The number of hydrogen-bond donors (Lipinski definition) is 2. The van der Waals surface area contributed by atoms with Gasteiger partial charge in [-0.25, -0.2) is 4.39 Å².